The fraction of sp³-hybridized carbons (Fsp3) is 0.769. The fourth-order valence-electron chi connectivity index (χ4n) is 2.83. The summed E-state index contributed by atoms with van der Waals surface area (Å²) >= 11 is 2.03. The normalized spacial score (nSPS) is 26.9. The van der Waals surface area contributed by atoms with Gasteiger partial charge in [-0.2, -0.15) is 16.9 Å². The van der Waals surface area contributed by atoms with Gasteiger partial charge in [0.1, 0.15) is 5.82 Å². The van der Waals surface area contributed by atoms with E-state index in [1.54, 1.807) is 0 Å². The molecule has 3 rings (SSSR count). The SMILES string of the molecule is O=C(O)C1CCn2nc(CC3CCCCS3)nc2C1. The van der Waals surface area contributed by atoms with Gasteiger partial charge in [-0.1, -0.05) is 6.42 Å². The maximum Gasteiger partial charge on any atom is 0.307 e. The van der Waals surface area contributed by atoms with Crippen molar-refractivity contribution in [3.63, 3.8) is 0 Å². The van der Waals surface area contributed by atoms with Gasteiger partial charge in [-0.25, -0.2) is 9.67 Å². The van der Waals surface area contributed by atoms with Gasteiger partial charge in [-0.15, -0.1) is 0 Å². The number of rotatable bonds is 3. The molecule has 19 heavy (non-hydrogen) atoms. The minimum Gasteiger partial charge on any atom is -0.481 e. The fourth-order valence-corrected chi connectivity index (χ4v) is 4.13. The molecule has 104 valence electrons. The smallest absolute Gasteiger partial charge is 0.307 e. The second kappa shape index (κ2) is 5.53. The van der Waals surface area contributed by atoms with Crippen LogP contribution in [0.4, 0.5) is 0 Å². The molecule has 3 heterocycles. The third-order valence-electron chi connectivity index (χ3n) is 3.94. The quantitative estimate of drug-likeness (QED) is 0.914. The highest BCUT2D eigenvalue weighted by molar-refractivity contribution is 7.99. The van der Waals surface area contributed by atoms with E-state index in [2.05, 4.69) is 10.1 Å². The Morgan fingerprint density at radius 1 is 1.42 bits per heavy atom. The molecule has 1 aromatic heterocycles. The van der Waals surface area contributed by atoms with E-state index in [1.165, 1.54) is 25.0 Å². The van der Waals surface area contributed by atoms with Crippen LogP contribution in [0.3, 0.4) is 0 Å². The molecule has 0 spiro atoms. The highest BCUT2D eigenvalue weighted by atomic mass is 32.2. The Bertz CT molecular complexity index is 468. The average molecular weight is 281 g/mol. The Morgan fingerprint density at radius 2 is 2.32 bits per heavy atom. The Kier molecular flexibility index (Phi) is 3.77. The van der Waals surface area contributed by atoms with Crippen LogP contribution in [0.25, 0.3) is 0 Å². The molecule has 2 aliphatic rings. The van der Waals surface area contributed by atoms with Gasteiger partial charge in [0.15, 0.2) is 5.82 Å². The molecule has 0 radical (unpaired) electrons. The molecule has 0 amide bonds. The van der Waals surface area contributed by atoms with Gasteiger partial charge in [0, 0.05) is 24.6 Å². The minimum atomic E-state index is -0.710. The average Bonchev–Trinajstić information content (AvgIpc) is 2.80. The summed E-state index contributed by atoms with van der Waals surface area (Å²) in [4.78, 5) is 15.6. The molecule has 0 aromatic carbocycles. The summed E-state index contributed by atoms with van der Waals surface area (Å²) in [5, 5.41) is 14.3. The molecule has 5 nitrogen and oxygen atoms in total. The lowest BCUT2D eigenvalue weighted by atomic mass is 9.98. The van der Waals surface area contributed by atoms with Crippen LogP contribution >= 0.6 is 11.8 Å². The summed E-state index contributed by atoms with van der Waals surface area (Å²) in [5.74, 6) is 2.02. The molecule has 2 aliphatic heterocycles. The van der Waals surface area contributed by atoms with Crippen molar-refractivity contribution < 1.29 is 9.90 Å². The molecular formula is C13H19N3O2S. The first-order valence-electron chi connectivity index (χ1n) is 6.99. The summed E-state index contributed by atoms with van der Waals surface area (Å²) < 4.78 is 1.91. The lowest BCUT2D eigenvalue weighted by molar-refractivity contribution is -0.142. The van der Waals surface area contributed by atoms with E-state index < -0.39 is 5.97 Å². The van der Waals surface area contributed by atoms with Crippen LogP contribution in [-0.2, 0) is 24.2 Å². The van der Waals surface area contributed by atoms with Crippen LogP contribution in [0.2, 0.25) is 0 Å². The number of carboxylic acids is 1. The molecule has 0 bridgehead atoms. The van der Waals surface area contributed by atoms with Crippen molar-refractivity contribution in [3.05, 3.63) is 11.6 Å². The number of carbonyl (C=O) groups is 1. The Labute approximate surface area is 116 Å². The van der Waals surface area contributed by atoms with Crippen molar-refractivity contribution in [1.29, 1.82) is 0 Å². The molecule has 2 unspecified atom stereocenters. The summed E-state index contributed by atoms with van der Waals surface area (Å²) in [5.41, 5.74) is 0. The van der Waals surface area contributed by atoms with Crippen molar-refractivity contribution >= 4 is 17.7 Å². The summed E-state index contributed by atoms with van der Waals surface area (Å²) in [6.07, 6.45) is 6.03. The zero-order valence-electron chi connectivity index (χ0n) is 10.9. The van der Waals surface area contributed by atoms with E-state index in [1.807, 2.05) is 16.4 Å². The largest absolute Gasteiger partial charge is 0.481 e. The van der Waals surface area contributed by atoms with Gasteiger partial charge < -0.3 is 5.11 Å². The topological polar surface area (TPSA) is 68.0 Å². The summed E-state index contributed by atoms with van der Waals surface area (Å²) in [6.45, 7) is 0.692. The summed E-state index contributed by atoms with van der Waals surface area (Å²) in [6, 6.07) is 0. The predicted octanol–water partition coefficient (Wildman–Crippen LogP) is 1.75. The number of thioether (sulfide) groups is 1. The van der Waals surface area contributed by atoms with Crippen molar-refractivity contribution in [2.45, 2.75) is 50.3 Å². The van der Waals surface area contributed by atoms with Gasteiger partial charge >= 0.3 is 5.97 Å². The molecule has 6 heteroatoms. The van der Waals surface area contributed by atoms with Crippen LogP contribution < -0.4 is 0 Å². The first kappa shape index (κ1) is 13.0. The Morgan fingerprint density at radius 3 is 3.05 bits per heavy atom. The van der Waals surface area contributed by atoms with E-state index in [0.717, 1.165) is 18.1 Å². The third-order valence-corrected chi connectivity index (χ3v) is 5.34. The molecule has 2 atom stereocenters. The number of aliphatic carboxylic acids is 1. The lowest BCUT2D eigenvalue weighted by Crippen LogP contribution is -2.26. The van der Waals surface area contributed by atoms with E-state index in [0.29, 0.717) is 24.6 Å². The lowest BCUT2D eigenvalue weighted by Gasteiger charge is -2.19. The standard InChI is InChI=1S/C13H19N3O2S/c17-13(18)9-4-5-16-12(7-9)14-11(15-16)8-10-3-1-2-6-19-10/h9-10H,1-8H2,(H,17,18). The van der Waals surface area contributed by atoms with Crippen molar-refractivity contribution in [2.75, 3.05) is 5.75 Å². The van der Waals surface area contributed by atoms with Crippen molar-refractivity contribution in [2.24, 2.45) is 5.92 Å². The van der Waals surface area contributed by atoms with E-state index >= 15 is 0 Å². The Balaban J connectivity index is 1.67. The Hall–Kier alpha value is -1.04. The second-order valence-corrected chi connectivity index (χ2v) is 6.80. The molecule has 1 aromatic rings. The minimum absolute atomic E-state index is 0.284. The van der Waals surface area contributed by atoms with Gasteiger partial charge in [-0.05, 0) is 25.0 Å². The zero-order valence-corrected chi connectivity index (χ0v) is 11.7. The number of aromatic nitrogens is 3. The third kappa shape index (κ3) is 2.94. The second-order valence-electron chi connectivity index (χ2n) is 5.39. The highest BCUT2D eigenvalue weighted by Crippen LogP contribution is 2.27. The van der Waals surface area contributed by atoms with E-state index in [9.17, 15) is 4.79 Å². The molecule has 1 fully saturated rings. The van der Waals surface area contributed by atoms with Crippen molar-refractivity contribution in [1.82, 2.24) is 14.8 Å². The van der Waals surface area contributed by atoms with Crippen LogP contribution in [0.15, 0.2) is 0 Å². The van der Waals surface area contributed by atoms with Gasteiger partial charge in [0.05, 0.1) is 5.92 Å². The van der Waals surface area contributed by atoms with E-state index in [-0.39, 0.29) is 5.92 Å². The van der Waals surface area contributed by atoms with E-state index in [4.69, 9.17) is 5.11 Å². The first-order chi connectivity index (χ1) is 9.22. The van der Waals surface area contributed by atoms with Crippen LogP contribution in [0.5, 0.6) is 0 Å². The number of hydrogen-bond acceptors (Lipinski definition) is 4. The zero-order chi connectivity index (χ0) is 13.2. The molecule has 1 N–H and O–H groups in total. The van der Waals surface area contributed by atoms with Crippen LogP contribution in [0, 0.1) is 5.92 Å². The maximum absolute atomic E-state index is 11.0. The molecular weight excluding hydrogens is 262 g/mol. The number of hydrogen-bond donors (Lipinski definition) is 1. The monoisotopic (exact) mass is 281 g/mol. The number of aryl methyl sites for hydroxylation is 1. The van der Waals surface area contributed by atoms with Gasteiger partial charge in [0.25, 0.3) is 0 Å². The molecule has 0 saturated carbocycles. The van der Waals surface area contributed by atoms with Crippen LogP contribution in [-0.4, -0.2) is 36.8 Å². The van der Waals surface area contributed by atoms with Gasteiger partial charge in [0.2, 0.25) is 0 Å². The first-order valence-corrected chi connectivity index (χ1v) is 8.04. The number of carboxylic acid groups (broad SMARTS) is 1. The number of fused-ring (bicyclic) bond motifs is 1. The maximum atomic E-state index is 11.0. The highest BCUT2D eigenvalue weighted by Gasteiger charge is 2.27. The van der Waals surface area contributed by atoms with Gasteiger partial charge in [-0.3, -0.25) is 4.79 Å². The summed E-state index contributed by atoms with van der Waals surface area (Å²) in [7, 11) is 0. The molecule has 1 saturated heterocycles. The number of nitrogens with zero attached hydrogens (tertiary/aromatic N) is 3. The predicted molar refractivity (Wildman–Crippen MR) is 73.3 cm³/mol. The van der Waals surface area contributed by atoms with Crippen LogP contribution in [0.1, 0.15) is 37.3 Å². The molecule has 0 aliphatic carbocycles. The van der Waals surface area contributed by atoms with Crippen molar-refractivity contribution in [3.8, 4) is 0 Å².